The first-order valence-electron chi connectivity index (χ1n) is 6.42. The Morgan fingerprint density at radius 1 is 1.05 bits per heavy atom. The van der Waals surface area contributed by atoms with Crippen LogP contribution < -0.4 is 5.73 Å². The van der Waals surface area contributed by atoms with Crippen molar-refractivity contribution in [2.45, 2.75) is 11.3 Å². The third-order valence-corrected chi connectivity index (χ3v) is 4.81. The number of aliphatic hydroxyl groups excluding tert-OH is 1. The van der Waals surface area contributed by atoms with Crippen molar-refractivity contribution in [1.29, 1.82) is 0 Å². The van der Waals surface area contributed by atoms with E-state index in [9.17, 15) is 5.11 Å². The van der Waals surface area contributed by atoms with Gasteiger partial charge in [-0.25, -0.2) is 0 Å². The predicted molar refractivity (Wildman–Crippen MR) is 87.0 cm³/mol. The number of nitrogens with two attached hydrogens (primary N) is 1. The van der Waals surface area contributed by atoms with Crippen molar-refractivity contribution in [3.63, 3.8) is 0 Å². The highest BCUT2D eigenvalue weighted by Crippen LogP contribution is 2.27. The van der Waals surface area contributed by atoms with Crippen LogP contribution >= 0.6 is 23.4 Å². The number of thioether (sulfide) groups is 1. The Kier molecular flexibility index (Phi) is 5.49. The normalized spacial score (nSPS) is 13.9. The number of rotatable bonds is 6. The van der Waals surface area contributed by atoms with Crippen molar-refractivity contribution in [2.75, 3.05) is 12.4 Å². The number of hydrogen-bond donors (Lipinski definition) is 2. The first-order chi connectivity index (χ1) is 9.65. The predicted octanol–water partition coefficient (Wildman–Crippen LogP) is 3.42. The summed E-state index contributed by atoms with van der Waals surface area (Å²) in [5, 5.41) is 10.4. The van der Waals surface area contributed by atoms with Gasteiger partial charge in [-0.15, -0.1) is 0 Å². The average Bonchev–Trinajstić information content (AvgIpc) is 2.50. The molecule has 0 spiro atoms. The number of halogens is 1. The first-order valence-corrected chi connectivity index (χ1v) is 7.95. The van der Waals surface area contributed by atoms with Gasteiger partial charge in [0, 0.05) is 16.5 Å². The molecular weight excluding hydrogens is 290 g/mol. The molecule has 2 nitrogen and oxygen atoms in total. The minimum absolute atomic E-state index is 0.0769. The van der Waals surface area contributed by atoms with Crippen LogP contribution in [-0.4, -0.2) is 17.5 Å². The van der Waals surface area contributed by atoms with Gasteiger partial charge in [-0.05, 0) is 17.2 Å². The quantitative estimate of drug-likeness (QED) is 0.859. The summed E-state index contributed by atoms with van der Waals surface area (Å²) >= 11 is 7.81. The average molecular weight is 308 g/mol. The van der Waals surface area contributed by atoms with E-state index < -0.39 is 5.54 Å². The topological polar surface area (TPSA) is 46.2 Å². The molecule has 2 aromatic carbocycles. The van der Waals surface area contributed by atoms with Crippen LogP contribution in [-0.2, 0) is 11.3 Å². The van der Waals surface area contributed by atoms with Crippen LogP contribution in [0.3, 0.4) is 0 Å². The maximum atomic E-state index is 9.63. The van der Waals surface area contributed by atoms with Crippen molar-refractivity contribution >= 4 is 23.4 Å². The molecule has 20 heavy (non-hydrogen) atoms. The molecule has 0 fully saturated rings. The lowest BCUT2D eigenvalue weighted by Crippen LogP contribution is -2.43. The van der Waals surface area contributed by atoms with Crippen molar-refractivity contribution in [2.24, 2.45) is 5.73 Å². The summed E-state index contributed by atoms with van der Waals surface area (Å²) in [5.74, 6) is 1.42. The van der Waals surface area contributed by atoms with Crippen LogP contribution in [0.2, 0.25) is 5.02 Å². The zero-order valence-corrected chi connectivity index (χ0v) is 12.7. The van der Waals surface area contributed by atoms with E-state index in [1.54, 1.807) is 11.8 Å². The van der Waals surface area contributed by atoms with Crippen LogP contribution in [0.5, 0.6) is 0 Å². The molecule has 0 aliphatic heterocycles. The summed E-state index contributed by atoms with van der Waals surface area (Å²) in [6.45, 7) is -0.0769. The third-order valence-electron chi connectivity index (χ3n) is 3.21. The SMILES string of the molecule is NC(CO)(CSCc1ccccc1Cl)c1ccccc1. The number of hydrogen-bond acceptors (Lipinski definition) is 3. The molecule has 2 aromatic rings. The fraction of sp³-hybridized carbons (Fsp3) is 0.250. The summed E-state index contributed by atoms with van der Waals surface area (Å²) in [5.41, 5.74) is 7.65. The lowest BCUT2D eigenvalue weighted by atomic mass is 9.94. The summed E-state index contributed by atoms with van der Waals surface area (Å²) in [6.07, 6.45) is 0. The van der Waals surface area contributed by atoms with Gasteiger partial charge in [0.2, 0.25) is 0 Å². The summed E-state index contributed by atoms with van der Waals surface area (Å²) < 4.78 is 0. The van der Waals surface area contributed by atoms with E-state index in [1.807, 2.05) is 54.6 Å². The lowest BCUT2D eigenvalue weighted by Gasteiger charge is -2.27. The maximum Gasteiger partial charge on any atom is 0.0735 e. The van der Waals surface area contributed by atoms with Gasteiger partial charge in [-0.3, -0.25) is 0 Å². The monoisotopic (exact) mass is 307 g/mol. The van der Waals surface area contributed by atoms with E-state index in [4.69, 9.17) is 17.3 Å². The molecule has 1 atom stereocenters. The van der Waals surface area contributed by atoms with E-state index in [0.717, 1.165) is 21.9 Å². The largest absolute Gasteiger partial charge is 0.394 e. The molecule has 0 aliphatic rings. The molecule has 0 saturated heterocycles. The molecule has 106 valence electrons. The van der Waals surface area contributed by atoms with E-state index in [1.165, 1.54) is 0 Å². The Balaban J connectivity index is 2.00. The molecule has 0 saturated carbocycles. The van der Waals surface area contributed by atoms with Crippen molar-refractivity contribution in [3.8, 4) is 0 Å². The molecule has 0 bridgehead atoms. The van der Waals surface area contributed by atoms with Gasteiger partial charge in [-0.1, -0.05) is 60.1 Å². The summed E-state index contributed by atoms with van der Waals surface area (Å²) in [7, 11) is 0. The second-order valence-corrected chi connectivity index (χ2v) is 6.16. The van der Waals surface area contributed by atoms with E-state index in [0.29, 0.717) is 5.75 Å². The first kappa shape index (κ1) is 15.4. The second-order valence-electron chi connectivity index (χ2n) is 4.76. The van der Waals surface area contributed by atoms with Crippen LogP contribution in [0.1, 0.15) is 11.1 Å². The second kappa shape index (κ2) is 7.14. The van der Waals surface area contributed by atoms with Crippen molar-refractivity contribution < 1.29 is 5.11 Å². The van der Waals surface area contributed by atoms with Gasteiger partial charge < -0.3 is 10.8 Å². The molecule has 2 rings (SSSR count). The molecule has 0 radical (unpaired) electrons. The zero-order chi connectivity index (χ0) is 14.4. The van der Waals surface area contributed by atoms with E-state index >= 15 is 0 Å². The van der Waals surface area contributed by atoms with Crippen molar-refractivity contribution in [3.05, 3.63) is 70.7 Å². The molecule has 3 N–H and O–H groups in total. The lowest BCUT2D eigenvalue weighted by molar-refractivity contribution is 0.213. The molecule has 4 heteroatoms. The van der Waals surface area contributed by atoms with Gasteiger partial charge in [0.05, 0.1) is 12.1 Å². The highest BCUT2D eigenvalue weighted by Gasteiger charge is 2.26. The van der Waals surface area contributed by atoms with Gasteiger partial charge in [0.1, 0.15) is 0 Å². The minimum Gasteiger partial charge on any atom is -0.394 e. The van der Waals surface area contributed by atoms with Crippen LogP contribution in [0.25, 0.3) is 0 Å². The highest BCUT2D eigenvalue weighted by atomic mass is 35.5. The molecule has 1 unspecified atom stereocenters. The third kappa shape index (κ3) is 3.76. The number of aliphatic hydroxyl groups is 1. The Morgan fingerprint density at radius 3 is 2.35 bits per heavy atom. The van der Waals surface area contributed by atoms with Crippen LogP contribution in [0.4, 0.5) is 0 Å². The molecule has 0 aromatic heterocycles. The summed E-state index contributed by atoms with van der Waals surface area (Å²) in [4.78, 5) is 0. The Labute approximate surface area is 129 Å². The van der Waals surface area contributed by atoms with Crippen LogP contribution in [0.15, 0.2) is 54.6 Å². The Morgan fingerprint density at radius 2 is 1.70 bits per heavy atom. The van der Waals surface area contributed by atoms with Gasteiger partial charge in [0.25, 0.3) is 0 Å². The van der Waals surface area contributed by atoms with Gasteiger partial charge in [-0.2, -0.15) is 11.8 Å². The van der Waals surface area contributed by atoms with E-state index in [-0.39, 0.29) is 6.61 Å². The molecular formula is C16H18ClNOS. The Hall–Kier alpha value is -1.00. The molecule has 0 amide bonds. The molecule has 0 aliphatic carbocycles. The van der Waals surface area contributed by atoms with Crippen LogP contribution in [0, 0.1) is 0 Å². The number of benzene rings is 2. The van der Waals surface area contributed by atoms with E-state index in [2.05, 4.69) is 0 Å². The fourth-order valence-electron chi connectivity index (χ4n) is 1.95. The maximum absolute atomic E-state index is 9.63. The highest BCUT2D eigenvalue weighted by molar-refractivity contribution is 7.98. The zero-order valence-electron chi connectivity index (χ0n) is 11.1. The smallest absolute Gasteiger partial charge is 0.0735 e. The van der Waals surface area contributed by atoms with Crippen molar-refractivity contribution in [1.82, 2.24) is 0 Å². The standard InChI is InChI=1S/C16H18ClNOS/c17-15-9-5-4-6-13(15)10-20-12-16(18,11-19)14-7-2-1-3-8-14/h1-9,19H,10-12,18H2. The fourth-order valence-corrected chi connectivity index (χ4v) is 3.43. The minimum atomic E-state index is -0.715. The van der Waals surface area contributed by atoms with Gasteiger partial charge >= 0.3 is 0 Å². The Bertz CT molecular complexity index is 549. The summed E-state index contributed by atoms with van der Waals surface area (Å²) in [6, 6.07) is 17.5. The molecule has 0 heterocycles. The van der Waals surface area contributed by atoms with Gasteiger partial charge in [0.15, 0.2) is 0 Å².